The fourth-order valence-electron chi connectivity index (χ4n) is 3.42. The van der Waals surface area contributed by atoms with Crippen LogP contribution in [-0.4, -0.2) is 42.6 Å². The predicted octanol–water partition coefficient (Wildman–Crippen LogP) is 1.03. The van der Waals surface area contributed by atoms with Crippen molar-refractivity contribution in [3.63, 3.8) is 0 Å². The molecule has 0 bridgehead atoms. The Morgan fingerprint density at radius 3 is 2.00 bits per heavy atom. The summed E-state index contributed by atoms with van der Waals surface area (Å²) in [7, 11) is 3.88. The molecule has 28 heavy (non-hydrogen) atoms. The monoisotopic (exact) mass is 392 g/mol. The van der Waals surface area contributed by atoms with Crippen molar-refractivity contribution in [3.8, 4) is 0 Å². The van der Waals surface area contributed by atoms with Gasteiger partial charge in [-0.2, -0.15) is 0 Å². The number of Topliss-reactive ketones (excluding diaryl/α,β-unsaturated/α-hetero) is 1. The lowest BCUT2D eigenvalue weighted by Crippen LogP contribution is -3.01. The second-order valence-electron chi connectivity index (χ2n) is 6.98. The molecular weight excluding hydrogens is 367 g/mol. The van der Waals surface area contributed by atoms with Gasteiger partial charge >= 0.3 is 6.48 Å². The third-order valence-electron chi connectivity index (χ3n) is 4.73. The second kappa shape index (κ2) is 8.53. The van der Waals surface area contributed by atoms with Crippen LogP contribution < -0.4 is 15.8 Å². The fourth-order valence-corrected chi connectivity index (χ4v) is 4.16. The summed E-state index contributed by atoms with van der Waals surface area (Å²) in [5.74, 6) is 0.554. The van der Waals surface area contributed by atoms with E-state index in [0.29, 0.717) is 11.3 Å². The molecule has 0 aromatic heterocycles. The van der Waals surface area contributed by atoms with Gasteiger partial charge in [0.25, 0.3) is 0 Å². The summed E-state index contributed by atoms with van der Waals surface area (Å²) in [4.78, 5) is 18.0. The lowest BCUT2D eigenvalue weighted by Gasteiger charge is -2.38. The SMILES string of the molecule is CSC1=[NH+][B-](c2ccccc2)(c2ccccc2)OC(/C=C/N(C)C)=C1C(C)=O. The van der Waals surface area contributed by atoms with Crippen LogP contribution in [0.25, 0.3) is 0 Å². The largest absolute Gasteiger partial charge is 0.651 e. The lowest BCUT2D eigenvalue weighted by atomic mass is 9.42. The van der Waals surface area contributed by atoms with Crippen LogP contribution in [0, 0.1) is 0 Å². The molecule has 1 aliphatic heterocycles. The maximum atomic E-state index is 12.5. The minimum absolute atomic E-state index is 0.0271. The molecule has 1 heterocycles. The number of nitrogens with one attached hydrogen (secondary N) is 1. The van der Waals surface area contributed by atoms with E-state index in [1.165, 1.54) is 11.8 Å². The van der Waals surface area contributed by atoms with Crippen molar-refractivity contribution in [1.82, 2.24) is 4.90 Å². The fraction of sp³-hybridized carbons (Fsp3) is 0.182. The van der Waals surface area contributed by atoms with Gasteiger partial charge in [0, 0.05) is 20.3 Å². The summed E-state index contributed by atoms with van der Waals surface area (Å²) in [6.45, 7) is -0.207. The first-order valence-electron chi connectivity index (χ1n) is 9.22. The van der Waals surface area contributed by atoms with Crippen LogP contribution in [0.5, 0.6) is 0 Å². The molecule has 0 atom stereocenters. The normalized spacial score (nSPS) is 15.9. The first-order chi connectivity index (χ1) is 13.5. The highest BCUT2D eigenvalue weighted by Gasteiger charge is 2.45. The summed E-state index contributed by atoms with van der Waals surface area (Å²) in [6.07, 6.45) is 5.75. The minimum Gasteiger partial charge on any atom is -0.651 e. The molecule has 2 aromatic carbocycles. The Labute approximate surface area is 171 Å². The van der Waals surface area contributed by atoms with Crippen molar-refractivity contribution in [3.05, 3.63) is 84.3 Å². The van der Waals surface area contributed by atoms with Crippen LogP contribution in [0.2, 0.25) is 0 Å². The predicted molar refractivity (Wildman–Crippen MR) is 119 cm³/mol. The van der Waals surface area contributed by atoms with E-state index in [4.69, 9.17) is 4.65 Å². The van der Waals surface area contributed by atoms with Gasteiger partial charge in [-0.15, -0.1) is 0 Å². The Kier molecular flexibility index (Phi) is 6.10. The molecule has 1 N–H and O–H groups in total. The Balaban J connectivity index is 2.28. The molecule has 1 aliphatic rings. The molecule has 0 saturated carbocycles. The van der Waals surface area contributed by atoms with Gasteiger partial charge in [0.15, 0.2) is 10.8 Å². The van der Waals surface area contributed by atoms with Crippen molar-refractivity contribution in [2.24, 2.45) is 0 Å². The molecule has 0 saturated heterocycles. The molecule has 0 amide bonds. The van der Waals surface area contributed by atoms with Gasteiger partial charge in [0.1, 0.15) is 5.57 Å². The highest BCUT2D eigenvalue weighted by atomic mass is 32.2. The van der Waals surface area contributed by atoms with E-state index in [-0.39, 0.29) is 5.78 Å². The number of carbonyl (C=O) groups is 1. The number of hydrogen-bond acceptors (Lipinski definition) is 4. The van der Waals surface area contributed by atoms with Crippen molar-refractivity contribution in [1.29, 1.82) is 0 Å². The van der Waals surface area contributed by atoms with Gasteiger partial charge < -0.3 is 14.5 Å². The van der Waals surface area contributed by atoms with E-state index in [9.17, 15) is 4.79 Å². The van der Waals surface area contributed by atoms with Crippen molar-refractivity contribution >= 4 is 40.0 Å². The molecule has 144 valence electrons. The van der Waals surface area contributed by atoms with Crippen LogP contribution in [-0.2, 0) is 9.45 Å². The van der Waals surface area contributed by atoms with Gasteiger partial charge in [-0.3, -0.25) is 4.79 Å². The number of thioether (sulfide) groups is 1. The van der Waals surface area contributed by atoms with Crippen molar-refractivity contribution in [2.75, 3.05) is 20.4 Å². The molecule has 0 aliphatic carbocycles. The van der Waals surface area contributed by atoms with Gasteiger partial charge in [-0.1, -0.05) is 83.4 Å². The summed E-state index contributed by atoms with van der Waals surface area (Å²) >= 11 is 1.53. The van der Waals surface area contributed by atoms with E-state index in [0.717, 1.165) is 16.0 Å². The highest BCUT2D eigenvalue weighted by Crippen LogP contribution is 2.21. The van der Waals surface area contributed by atoms with Gasteiger partial charge in [0.05, 0.1) is 5.76 Å². The molecule has 4 nitrogen and oxygen atoms in total. The van der Waals surface area contributed by atoms with Gasteiger partial charge in [-0.05, 0) is 19.3 Å². The van der Waals surface area contributed by atoms with Gasteiger partial charge in [0.2, 0.25) is 0 Å². The van der Waals surface area contributed by atoms with E-state index in [2.05, 4.69) is 29.2 Å². The molecule has 0 radical (unpaired) electrons. The van der Waals surface area contributed by atoms with Crippen molar-refractivity contribution < 1.29 is 14.4 Å². The quantitative estimate of drug-likeness (QED) is 0.773. The number of hydrogen-bond donors (Lipinski definition) is 1. The van der Waals surface area contributed by atoms with Crippen molar-refractivity contribution in [2.45, 2.75) is 6.92 Å². The van der Waals surface area contributed by atoms with E-state index < -0.39 is 6.48 Å². The number of benzene rings is 2. The highest BCUT2D eigenvalue weighted by molar-refractivity contribution is 8.13. The molecular formula is C22H25BN2O2S. The first kappa shape index (κ1) is 20.0. The number of ketones is 1. The molecule has 6 heteroatoms. The van der Waals surface area contributed by atoms with Gasteiger partial charge in [-0.25, -0.2) is 0 Å². The molecule has 0 fully saturated rings. The standard InChI is InChI=1S/C22H25BN2O2S/c1-17(26)21-20(15-16-25(2)3)27-23(24-22(21)28-4,18-11-7-5-8-12-18)19-13-9-6-10-14-19/h5-16,24H,1-4H3/b16-15+. The van der Waals surface area contributed by atoms with Crippen LogP contribution >= 0.6 is 11.8 Å². The number of nitrogens with zero attached hydrogens (tertiary/aromatic N) is 1. The summed E-state index contributed by atoms with van der Waals surface area (Å²) in [5.41, 5.74) is 2.63. The zero-order valence-corrected chi connectivity index (χ0v) is 17.5. The Morgan fingerprint density at radius 1 is 1.04 bits per heavy atom. The van der Waals surface area contributed by atoms with Crippen LogP contribution in [0.4, 0.5) is 0 Å². The molecule has 0 spiro atoms. The molecule has 2 aromatic rings. The smallest absolute Gasteiger partial charge is 0.507 e. The third-order valence-corrected chi connectivity index (χ3v) is 5.46. The van der Waals surface area contributed by atoms with Crippen LogP contribution in [0.1, 0.15) is 6.92 Å². The zero-order valence-electron chi connectivity index (χ0n) is 16.7. The molecule has 3 rings (SSSR count). The van der Waals surface area contributed by atoms with Crippen LogP contribution in [0.3, 0.4) is 0 Å². The minimum atomic E-state index is -1.78. The Bertz CT molecular complexity index is 898. The average Bonchev–Trinajstić information content (AvgIpc) is 2.72. The average molecular weight is 392 g/mol. The summed E-state index contributed by atoms with van der Waals surface area (Å²) < 4.78 is 6.67. The summed E-state index contributed by atoms with van der Waals surface area (Å²) in [6, 6.07) is 20.2. The second-order valence-corrected chi connectivity index (χ2v) is 7.79. The van der Waals surface area contributed by atoms with E-state index >= 15 is 0 Å². The third kappa shape index (κ3) is 3.92. The topological polar surface area (TPSA) is 43.5 Å². The van der Waals surface area contributed by atoms with E-state index in [1.54, 1.807) is 6.92 Å². The Morgan fingerprint density at radius 2 is 1.57 bits per heavy atom. The maximum absolute atomic E-state index is 12.5. The van der Waals surface area contributed by atoms with E-state index in [1.807, 2.05) is 73.9 Å². The molecule has 0 unspecified atom stereocenters. The first-order valence-corrected chi connectivity index (χ1v) is 10.4. The summed E-state index contributed by atoms with van der Waals surface area (Å²) in [5, 5.41) is 0.824. The number of carbonyl (C=O) groups excluding carboxylic acids is 1. The number of allylic oxidation sites excluding steroid dienone is 1. The zero-order chi connectivity index (χ0) is 20.1. The lowest BCUT2D eigenvalue weighted by molar-refractivity contribution is -0.319. The Hall–Kier alpha value is -2.73. The maximum Gasteiger partial charge on any atom is 0.507 e. The number of rotatable bonds is 5. The van der Waals surface area contributed by atoms with Crippen LogP contribution in [0.15, 0.2) is 84.3 Å².